The van der Waals surface area contributed by atoms with Gasteiger partial charge < -0.3 is 30.4 Å². The fourth-order valence-corrected chi connectivity index (χ4v) is 3.32. The minimum absolute atomic E-state index is 0.0477. The average molecular weight is 322 g/mol. The Balaban J connectivity index is 1.90. The summed E-state index contributed by atoms with van der Waals surface area (Å²) in [4.78, 5) is 0. The van der Waals surface area contributed by atoms with Gasteiger partial charge in [-0.2, -0.15) is 0 Å². The van der Waals surface area contributed by atoms with Gasteiger partial charge in [0.05, 0.1) is 12.2 Å². The largest absolute Gasteiger partial charge is 0.379 e. The van der Waals surface area contributed by atoms with Crippen molar-refractivity contribution in [3.8, 4) is 0 Å². The van der Waals surface area contributed by atoms with E-state index in [-0.39, 0.29) is 48.3 Å². The van der Waals surface area contributed by atoms with Crippen molar-refractivity contribution in [3.63, 3.8) is 0 Å². The van der Waals surface area contributed by atoms with Gasteiger partial charge in [-0.1, -0.05) is 23.5 Å². The van der Waals surface area contributed by atoms with E-state index in [0.717, 1.165) is 0 Å². The molecule has 8 nitrogen and oxygen atoms in total. The molecule has 0 saturated carbocycles. The maximum atomic E-state index is 7.23. The first-order valence-electron chi connectivity index (χ1n) is 5.98. The highest BCUT2D eigenvalue weighted by atomic mass is 32.2. The van der Waals surface area contributed by atoms with Crippen LogP contribution >= 0.6 is 23.5 Å². The second-order valence-corrected chi connectivity index (χ2v) is 6.38. The van der Waals surface area contributed by atoms with Crippen molar-refractivity contribution in [2.24, 2.45) is 11.5 Å². The highest BCUT2D eigenvalue weighted by Gasteiger charge is 2.44. The molecule has 0 aromatic rings. The topological polar surface area (TPSA) is 137 Å². The van der Waals surface area contributed by atoms with Crippen molar-refractivity contribution in [3.05, 3.63) is 0 Å². The molecule has 0 aromatic carbocycles. The van der Waals surface area contributed by atoms with Gasteiger partial charge in [-0.25, -0.2) is 0 Å². The van der Waals surface area contributed by atoms with Crippen LogP contribution in [0.25, 0.3) is 0 Å². The van der Waals surface area contributed by atoms with Crippen LogP contribution in [0, 0.1) is 10.8 Å². The number of amidine groups is 2. The molecule has 0 unspecified atom stereocenters. The van der Waals surface area contributed by atoms with Crippen molar-refractivity contribution < 1.29 is 18.9 Å². The Labute approximate surface area is 125 Å². The van der Waals surface area contributed by atoms with Crippen LogP contribution in [0.4, 0.5) is 0 Å². The molecule has 2 fully saturated rings. The smallest absolute Gasteiger partial charge is 0.151 e. The number of nitrogens with one attached hydrogen (secondary N) is 2. The van der Waals surface area contributed by atoms with Crippen LogP contribution in [0.5, 0.6) is 0 Å². The molecule has 114 valence electrons. The lowest BCUT2D eigenvalue weighted by atomic mass is 10.1. The number of ether oxygens (including phenoxy) is 4. The minimum atomic E-state index is -0.262. The third-order valence-corrected chi connectivity index (χ3v) is 4.56. The van der Waals surface area contributed by atoms with Gasteiger partial charge in [-0.05, 0) is 0 Å². The quantitative estimate of drug-likeness (QED) is 0.401. The van der Waals surface area contributed by atoms with Crippen molar-refractivity contribution >= 4 is 33.9 Å². The molecular formula is C10H18N4O4S2. The summed E-state index contributed by atoms with van der Waals surface area (Å²) >= 11 is 2.42. The molecule has 2 aliphatic rings. The van der Waals surface area contributed by atoms with E-state index < -0.39 is 0 Å². The SMILES string of the molecule is N=C(N)SC[C@@H]1OCO[C@@H]1[C@@H]1OCO[C@@H]1CSC(=N)N. The molecule has 0 bridgehead atoms. The van der Waals surface area contributed by atoms with Crippen LogP contribution < -0.4 is 11.5 Å². The van der Waals surface area contributed by atoms with E-state index in [1.807, 2.05) is 0 Å². The van der Waals surface area contributed by atoms with Crippen LogP contribution in [-0.2, 0) is 18.9 Å². The van der Waals surface area contributed by atoms with E-state index in [4.69, 9.17) is 41.2 Å². The molecule has 0 radical (unpaired) electrons. The molecule has 2 rings (SSSR count). The third-order valence-electron chi connectivity index (χ3n) is 2.95. The number of rotatable bonds is 5. The number of thioether (sulfide) groups is 2. The van der Waals surface area contributed by atoms with Gasteiger partial charge in [-0.15, -0.1) is 0 Å². The lowest BCUT2D eigenvalue weighted by molar-refractivity contribution is -0.0294. The van der Waals surface area contributed by atoms with Gasteiger partial charge in [0.15, 0.2) is 10.3 Å². The lowest BCUT2D eigenvalue weighted by Gasteiger charge is -2.25. The van der Waals surface area contributed by atoms with Gasteiger partial charge >= 0.3 is 0 Å². The van der Waals surface area contributed by atoms with Gasteiger partial charge in [0.1, 0.15) is 25.8 Å². The van der Waals surface area contributed by atoms with Crippen molar-refractivity contribution in [1.29, 1.82) is 10.8 Å². The van der Waals surface area contributed by atoms with E-state index in [9.17, 15) is 0 Å². The fourth-order valence-electron chi connectivity index (χ4n) is 2.06. The fraction of sp³-hybridized carbons (Fsp3) is 0.800. The summed E-state index contributed by atoms with van der Waals surface area (Å²) in [6.45, 7) is 0.389. The summed E-state index contributed by atoms with van der Waals surface area (Å²) < 4.78 is 22.1. The zero-order valence-corrected chi connectivity index (χ0v) is 12.4. The summed E-state index contributed by atoms with van der Waals surface area (Å²) in [6.07, 6.45) is -0.912. The summed E-state index contributed by atoms with van der Waals surface area (Å²) in [5.74, 6) is 1.07. The number of nitrogens with two attached hydrogens (primary N) is 2. The van der Waals surface area contributed by atoms with Gasteiger partial charge in [0.25, 0.3) is 0 Å². The first kappa shape index (κ1) is 15.9. The first-order chi connectivity index (χ1) is 9.58. The van der Waals surface area contributed by atoms with Crippen LogP contribution in [0.2, 0.25) is 0 Å². The molecule has 4 atom stereocenters. The van der Waals surface area contributed by atoms with Gasteiger partial charge in [0, 0.05) is 11.5 Å². The molecule has 20 heavy (non-hydrogen) atoms. The lowest BCUT2D eigenvalue weighted by Crippen LogP contribution is -2.43. The predicted octanol–water partition coefficient (Wildman–Crippen LogP) is -0.277. The summed E-state index contributed by atoms with van der Waals surface area (Å²) in [7, 11) is 0. The van der Waals surface area contributed by atoms with Crippen molar-refractivity contribution in [1.82, 2.24) is 0 Å². The monoisotopic (exact) mass is 322 g/mol. The van der Waals surface area contributed by atoms with Crippen molar-refractivity contribution in [2.75, 3.05) is 25.1 Å². The molecule has 2 heterocycles. The van der Waals surface area contributed by atoms with Gasteiger partial charge in [0.2, 0.25) is 0 Å². The first-order valence-corrected chi connectivity index (χ1v) is 7.95. The maximum Gasteiger partial charge on any atom is 0.151 e. The normalized spacial score (nSPS) is 33.4. The molecule has 0 aliphatic carbocycles. The molecule has 6 N–H and O–H groups in total. The Hall–Kier alpha value is -0.520. The van der Waals surface area contributed by atoms with Crippen LogP contribution in [0.1, 0.15) is 0 Å². The minimum Gasteiger partial charge on any atom is -0.379 e. The summed E-state index contributed by atoms with van der Waals surface area (Å²) in [5, 5.41) is 14.6. The van der Waals surface area contributed by atoms with Crippen molar-refractivity contribution in [2.45, 2.75) is 24.4 Å². The highest BCUT2D eigenvalue weighted by Crippen LogP contribution is 2.29. The Bertz CT molecular complexity index is 339. The van der Waals surface area contributed by atoms with Crippen LogP contribution in [-0.4, -0.2) is 59.8 Å². The highest BCUT2D eigenvalue weighted by molar-refractivity contribution is 8.13. The van der Waals surface area contributed by atoms with E-state index in [2.05, 4.69) is 0 Å². The standard InChI is InChI=1S/C10H18N4O4S2/c11-9(12)19-1-5-7(17-3-15-5)8-6(16-4-18-8)2-20-10(13)14/h5-8H,1-4H2,(H3,11,12)(H3,13,14)/t5-,6+,7-,8+. The maximum absolute atomic E-state index is 7.23. The second-order valence-electron chi connectivity index (χ2n) is 4.26. The Kier molecular flexibility index (Phi) is 5.93. The summed E-state index contributed by atoms with van der Waals surface area (Å²) in [5.41, 5.74) is 10.7. The molecule has 2 aliphatic heterocycles. The van der Waals surface area contributed by atoms with E-state index in [0.29, 0.717) is 11.5 Å². The van der Waals surface area contributed by atoms with Gasteiger partial charge in [-0.3, -0.25) is 10.8 Å². The second kappa shape index (κ2) is 7.48. The Morgan fingerprint density at radius 2 is 1.25 bits per heavy atom. The predicted molar refractivity (Wildman–Crippen MR) is 78.0 cm³/mol. The number of hydrogen-bond acceptors (Lipinski definition) is 8. The summed E-state index contributed by atoms with van der Waals surface area (Å²) in [6, 6.07) is 0. The molecule has 2 saturated heterocycles. The molecule has 10 heteroatoms. The van der Waals surface area contributed by atoms with Crippen LogP contribution in [0.15, 0.2) is 0 Å². The zero-order valence-electron chi connectivity index (χ0n) is 10.7. The zero-order chi connectivity index (χ0) is 14.5. The Morgan fingerprint density at radius 3 is 1.60 bits per heavy atom. The molecule has 0 amide bonds. The molecule has 0 spiro atoms. The molecular weight excluding hydrogens is 304 g/mol. The average Bonchev–Trinajstić information content (AvgIpc) is 3.01. The number of hydrogen-bond donors (Lipinski definition) is 4. The Morgan fingerprint density at radius 1 is 0.850 bits per heavy atom. The third kappa shape index (κ3) is 4.24. The van der Waals surface area contributed by atoms with E-state index in [1.54, 1.807) is 0 Å². The molecule has 0 aromatic heterocycles. The van der Waals surface area contributed by atoms with Crippen LogP contribution in [0.3, 0.4) is 0 Å². The van der Waals surface area contributed by atoms with E-state index >= 15 is 0 Å². The van der Waals surface area contributed by atoms with E-state index in [1.165, 1.54) is 23.5 Å².